The number of H-pyrrole nitrogens is 1. The second kappa shape index (κ2) is 8.86. The van der Waals surface area contributed by atoms with Crippen LogP contribution in [0.4, 0.5) is 20.8 Å². The van der Waals surface area contributed by atoms with Crippen molar-refractivity contribution in [3.05, 3.63) is 88.2 Å². The van der Waals surface area contributed by atoms with E-state index in [4.69, 9.17) is 16.3 Å². The molecule has 0 saturated heterocycles. The molecular formula is C27H22ClFN4O4. The molecule has 3 N–H and O–H groups in total. The van der Waals surface area contributed by atoms with Crippen molar-refractivity contribution in [2.24, 2.45) is 5.92 Å². The molecular weight excluding hydrogens is 499 g/mol. The van der Waals surface area contributed by atoms with Gasteiger partial charge in [-0.3, -0.25) is 15.0 Å². The van der Waals surface area contributed by atoms with E-state index in [2.05, 4.69) is 15.3 Å². The molecule has 4 aromatic rings. The molecule has 1 aromatic heterocycles. The number of rotatable bonds is 5. The molecule has 6 rings (SSSR count). The SMILES string of the molecule is O=C(Nc1nc2ccc(C3(O)c4ccccc4C(=O)N3c3cccc(Cl)c3F)cc2[nH]1)OCC1CCC1. The van der Waals surface area contributed by atoms with Crippen LogP contribution >= 0.6 is 11.6 Å². The Hall–Kier alpha value is -3.95. The molecule has 2 aliphatic rings. The van der Waals surface area contributed by atoms with Gasteiger partial charge in [0.1, 0.15) is 0 Å². The predicted octanol–water partition coefficient (Wildman–Crippen LogP) is 5.56. The highest BCUT2D eigenvalue weighted by atomic mass is 35.5. The van der Waals surface area contributed by atoms with E-state index in [0.717, 1.165) is 24.2 Å². The van der Waals surface area contributed by atoms with Gasteiger partial charge in [-0.1, -0.05) is 48.4 Å². The second-order valence-electron chi connectivity index (χ2n) is 9.27. The molecule has 2 amide bonds. The van der Waals surface area contributed by atoms with Crippen LogP contribution in [0, 0.1) is 11.7 Å². The van der Waals surface area contributed by atoms with E-state index in [9.17, 15) is 14.7 Å². The average molecular weight is 521 g/mol. The number of carbonyl (C=O) groups excluding carboxylic acids is 2. The highest BCUT2D eigenvalue weighted by molar-refractivity contribution is 6.31. The van der Waals surface area contributed by atoms with Gasteiger partial charge in [0.2, 0.25) is 5.95 Å². The number of hydrogen-bond donors (Lipinski definition) is 3. The van der Waals surface area contributed by atoms with E-state index in [1.54, 1.807) is 42.5 Å². The Balaban J connectivity index is 1.38. The summed E-state index contributed by atoms with van der Waals surface area (Å²) in [6.45, 7) is 0.368. The summed E-state index contributed by atoms with van der Waals surface area (Å²) in [7, 11) is 0. The van der Waals surface area contributed by atoms with Crippen LogP contribution in [-0.2, 0) is 10.5 Å². The molecule has 3 aromatic carbocycles. The maximum absolute atomic E-state index is 15.1. The molecule has 1 aliphatic carbocycles. The molecule has 37 heavy (non-hydrogen) atoms. The van der Waals surface area contributed by atoms with Gasteiger partial charge in [0.05, 0.1) is 28.4 Å². The summed E-state index contributed by atoms with van der Waals surface area (Å²) in [6, 6.07) is 15.7. The van der Waals surface area contributed by atoms with Gasteiger partial charge in [0, 0.05) is 16.7 Å². The lowest BCUT2D eigenvalue weighted by molar-refractivity contribution is 0.0699. The molecule has 0 bridgehead atoms. The van der Waals surface area contributed by atoms with Crippen LogP contribution in [0.15, 0.2) is 60.7 Å². The lowest BCUT2D eigenvalue weighted by Gasteiger charge is -2.35. The predicted molar refractivity (Wildman–Crippen MR) is 136 cm³/mol. The van der Waals surface area contributed by atoms with Crippen molar-refractivity contribution < 1.29 is 23.8 Å². The Morgan fingerprint density at radius 1 is 1.22 bits per heavy atom. The van der Waals surface area contributed by atoms with Crippen LogP contribution in [0.3, 0.4) is 0 Å². The number of carbonyl (C=O) groups is 2. The van der Waals surface area contributed by atoms with Crippen LogP contribution in [0.5, 0.6) is 0 Å². The minimum Gasteiger partial charge on any atom is -0.449 e. The van der Waals surface area contributed by atoms with Crippen LogP contribution in [0.1, 0.15) is 40.7 Å². The van der Waals surface area contributed by atoms with Crippen LogP contribution < -0.4 is 10.2 Å². The first-order valence-electron chi connectivity index (χ1n) is 11.9. The maximum Gasteiger partial charge on any atom is 0.413 e. The van der Waals surface area contributed by atoms with E-state index in [-0.39, 0.29) is 22.2 Å². The van der Waals surface area contributed by atoms with Crippen LogP contribution in [0.25, 0.3) is 11.0 Å². The number of halogens is 2. The lowest BCUT2D eigenvalue weighted by atomic mass is 9.86. The zero-order valence-corrected chi connectivity index (χ0v) is 20.3. The van der Waals surface area contributed by atoms with Gasteiger partial charge in [0.25, 0.3) is 5.91 Å². The maximum atomic E-state index is 15.1. The molecule has 0 radical (unpaired) electrons. The van der Waals surface area contributed by atoms with E-state index in [0.29, 0.717) is 34.7 Å². The number of nitrogens with zero attached hydrogens (tertiary/aromatic N) is 2. The van der Waals surface area contributed by atoms with Gasteiger partial charge in [-0.2, -0.15) is 0 Å². The van der Waals surface area contributed by atoms with Crippen molar-refractivity contribution in [3.8, 4) is 0 Å². The average Bonchev–Trinajstić information content (AvgIpc) is 3.36. The normalized spacial score (nSPS) is 19.1. The molecule has 188 valence electrons. The van der Waals surface area contributed by atoms with Crippen LogP contribution in [-0.4, -0.2) is 33.7 Å². The number of aliphatic hydroxyl groups is 1. The Morgan fingerprint density at radius 2 is 2.03 bits per heavy atom. The third-order valence-corrected chi connectivity index (χ3v) is 7.30. The van der Waals surface area contributed by atoms with Crippen LogP contribution in [0.2, 0.25) is 5.02 Å². The summed E-state index contributed by atoms with van der Waals surface area (Å²) in [5.41, 5.74) is -0.351. The highest BCUT2D eigenvalue weighted by Gasteiger charge is 2.51. The standard InChI is InChI=1S/C27H22ClFN4O4/c28-19-9-4-10-22(23(19)29)33-24(34)17-7-1-2-8-18(17)27(33,36)16-11-12-20-21(13-16)31-25(30-20)32-26(35)37-14-15-5-3-6-15/h1-2,4,7-13,15,36H,3,5-6,14H2,(H2,30,31,32,35). The van der Waals surface area contributed by atoms with E-state index >= 15 is 4.39 Å². The number of fused-ring (bicyclic) bond motifs is 2. The summed E-state index contributed by atoms with van der Waals surface area (Å²) in [5, 5.41) is 14.6. The number of imidazole rings is 1. The third-order valence-electron chi connectivity index (χ3n) is 7.01. The zero-order valence-electron chi connectivity index (χ0n) is 19.5. The summed E-state index contributed by atoms with van der Waals surface area (Å²) in [5.74, 6) is -0.800. The quantitative estimate of drug-likeness (QED) is 0.319. The fourth-order valence-corrected chi connectivity index (χ4v) is 5.04. The van der Waals surface area contributed by atoms with E-state index in [1.165, 1.54) is 18.2 Å². The molecule has 8 nitrogen and oxygen atoms in total. The molecule has 0 spiro atoms. The summed E-state index contributed by atoms with van der Waals surface area (Å²) >= 11 is 6.01. The number of nitrogens with one attached hydrogen (secondary N) is 2. The van der Waals surface area contributed by atoms with Gasteiger partial charge in [-0.25, -0.2) is 14.2 Å². The number of anilines is 2. The van der Waals surface area contributed by atoms with E-state index < -0.39 is 23.5 Å². The Bertz CT molecular complexity index is 1550. The number of benzene rings is 3. The Kier molecular flexibility index (Phi) is 5.62. The smallest absolute Gasteiger partial charge is 0.413 e. The molecule has 1 saturated carbocycles. The van der Waals surface area contributed by atoms with Gasteiger partial charge in [0.15, 0.2) is 11.5 Å². The second-order valence-corrected chi connectivity index (χ2v) is 9.68. The van der Waals surface area contributed by atoms with Gasteiger partial charge >= 0.3 is 6.09 Å². The minimum absolute atomic E-state index is 0.155. The van der Waals surface area contributed by atoms with Crippen molar-refractivity contribution in [3.63, 3.8) is 0 Å². The van der Waals surface area contributed by atoms with Crippen molar-refractivity contribution >= 4 is 46.3 Å². The number of aromatic nitrogens is 2. The van der Waals surface area contributed by atoms with Crippen molar-refractivity contribution in [1.29, 1.82) is 0 Å². The summed E-state index contributed by atoms with van der Waals surface area (Å²) in [4.78, 5) is 34.0. The van der Waals surface area contributed by atoms with Crippen molar-refractivity contribution in [1.82, 2.24) is 9.97 Å². The number of aromatic amines is 1. The van der Waals surface area contributed by atoms with Crippen molar-refractivity contribution in [2.75, 3.05) is 16.8 Å². The monoisotopic (exact) mass is 520 g/mol. The lowest BCUT2D eigenvalue weighted by Crippen LogP contribution is -2.45. The van der Waals surface area contributed by atoms with E-state index in [1.807, 2.05) is 0 Å². The molecule has 1 unspecified atom stereocenters. The zero-order chi connectivity index (χ0) is 25.7. The molecule has 1 atom stereocenters. The molecule has 1 aliphatic heterocycles. The fraction of sp³-hybridized carbons (Fsp3) is 0.222. The first-order valence-corrected chi connectivity index (χ1v) is 12.3. The first kappa shape index (κ1) is 23.4. The first-order chi connectivity index (χ1) is 17.9. The molecule has 1 fully saturated rings. The summed E-state index contributed by atoms with van der Waals surface area (Å²) in [6.07, 6.45) is 2.67. The number of hydrogen-bond acceptors (Lipinski definition) is 5. The Morgan fingerprint density at radius 3 is 2.81 bits per heavy atom. The fourth-order valence-electron chi connectivity index (χ4n) is 4.87. The van der Waals surface area contributed by atoms with Gasteiger partial charge in [-0.05, 0) is 49.1 Å². The van der Waals surface area contributed by atoms with Gasteiger partial charge < -0.3 is 14.8 Å². The summed E-state index contributed by atoms with van der Waals surface area (Å²) < 4.78 is 20.4. The largest absolute Gasteiger partial charge is 0.449 e. The number of ether oxygens (including phenoxy) is 1. The topological polar surface area (TPSA) is 108 Å². The molecule has 10 heteroatoms. The van der Waals surface area contributed by atoms with Crippen molar-refractivity contribution in [2.45, 2.75) is 25.0 Å². The third kappa shape index (κ3) is 3.82. The highest BCUT2D eigenvalue weighted by Crippen LogP contribution is 2.46. The Labute approximate surface area is 216 Å². The minimum atomic E-state index is -2.03. The number of amides is 2. The van der Waals surface area contributed by atoms with Gasteiger partial charge in [-0.15, -0.1) is 0 Å². The molecule has 2 heterocycles.